The Balaban J connectivity index is 1.59. The maximum Gasteiger partial charge on any atom is 0.238 e. The number of oxazole rings is 1. The van der Waals surface area contributed by atoms with Gasteiger partial charge in [-0.25, -0.2) is 9.97 Å². The second-order valence-electron chi connectivity index (χ2n) is 8.06. The summed E-state index contributed by atoms with van der Waals surface area (Å²) >= 11 is 0. The molecular formula is C28H17N5O. The van der Waals surface area contributed by atoms with Crippen LogP contribution in [0.4, 0.5) is 0 Å². The molecule has 4 aromatic carbocycles. The number of hydrogen-bond acceptors (Lipinski definition) is 5. The zero-order chi connectivity index (χ0) is 22.5. The Morgan fingerprint density at radius 3 is 1.94 bits per heavy atom. The zero-order valence-corrected chi connectivity index (χ0v) is 18.0. The third-order valence-electron chi connectivity index (χ3n) is 6.01. The molecule has 0 aliphatic carbocycles. The molecule has 0 atom stereocenters. The smallest absolute Gasteiger partial charge is 0.238 e. The minimum absolute atomic E-state index is 0.553. The van der Waals surface area contributed by atoms with Crippen LogP contribution in [-0.4, -0.2) is 24.5 Å². The van der Waals surface area contributed by atoms with E-state index in [1.165, 1.54) is 6.39 Å². The number of benzene rings is 4. The van der Waals surface area contributed by atoms with Crippen LogP contribution in [0.3, 0.4) is 0 Å². The lowest BCUT2D eigenvalue weighted by Crippen LogP contribution is -2.06. The predicted octanol–water partition coefficient (Wildman–Crippen LogP) is 6.44. The monoisotopic (exact) mass is 439 g/mol. The van der Waals surface area contributed by atoms with Gasteiger partial charge in [-0.15, -0.1) is 0 Å². The van der Waals surface area contributed by atoms with Crippen molar-refractivity contribution in [2.75, 3.05) is 0 Å². The van der Waals surface area contributed by atoms with Crippen molar-refractivity contribution in [3.63, 3.8) is 0 Å². The number of fused-ring (bicyclic) bond motifs is 4. The van der Waals surface area contributed by atoms with Gasteiger partial charge in [-0.1, -0.05) is 78.9 Å². The zero-order valence-electron chi connectivity index (χ0n) is 18.0. The van der Waals surface area contributed by atoms with Gasteiger partial charge in [0, 0.05) is 28.0 Å². The summed E-state index contributed by atoms with van der Waals surface area (Å²) < 4.78 is 7.70. The van der Waals surface area contributed by atoms with Gasteiger partial charge in [0.1, 0.15) is 5.52 Å². The fourth-order valence-corrected chi connectivity index (χ4v) is 4.43. The summed E-state index contributed by atoms with van der Waals surface area (Å²) in [4.78, 5) is 19.0. The van der Waals surface area contributed by atoms with Crippen LogP contribution in [0, 0.1) is 0 Å². The van der Waals surface area contributed by atoms with E-state index in [2.05, 4.69) is 27.8 Å². The normalized spacial score (nSPS) is 11.5. The summed E-state index contributed by atoms with van der Waals surface area (Å²) in [5.41, 5.74) is 5.37. The highest BCUT2D eigenvalue weighted by atomic mass is 16.3. The van der Waals surface area contributed by atoms with Gasteiger partial charge < -0.3 is 4.42 Å². The summed E-state index contributed by atoms with van der Waals surface area (Å²) in [6.45, 7) is 0. The molecule has 0 radical (unpaired) electrons. The van der Waals surface area contributed by atoms with Gasteiger partial charge >= 0.3 is 0 Å². The van der Waals surface area contributed by atoms with Crippen molar-refractivity contribution in [3.05, 3.63) is 103 Å². The molecule has 0 saturated carbocycles. The van der Waals surface area contributed by atoms with E-state index < -0.39 is 0 Å². The van der Waals surface area contributed by atoms with Crippen LogP contribution < -0.4 is 0 Å². The van der Waals surface area contributed by atoms with E-state index in [-0.39, 0.29) is 0 Å². The first-order valence-corrected chi connectivity index (χ1v) is 11.0. The lowest BCUT2D eigenvalue weighted by molar-refractivity contribution is 0.602. The first-order valence-electron chi connectivity index (χ1n) is 11.0. The Morgan fingerprint density at radius 1 is 0.588 bits per heavy atom. The van der Waals surface area contributed by atoms with Gasteiger partial charge in [0.25, 0.3) is 0 Å². The predicted molar refractivity (Wildman–Crippen MR) is 133 cm³/mol. The molecule has 0 aliphatic heterocycles. The molecule has 0 saturated heterocycles. The van der Waals surface area contributed by atoms with Crippen LogP contribution in [0.15, 0.2) is 108 Å². The fraction of sp³-hybridized carbons (Fsp3) is 0. The first-order chi connectivity index (χ1) is 16.8. The number of nitrogens with zero attached hydrogens (tertiary/aromatic N) is 5. The first kappa shape index (κ1) is 18.7. The van der Waals surface area contributed by atoms with Crippen molar-refractivity contribution >= 4 is 32.9 Å². The molecular weight excluding hydrogens is 422 g/mol. The quantitative estimate of drug-likeness (QED) is 0.317. The molecule has 6 heteroatoms. The Kier molecular flexibility index (Phi) is 4.04. The SMILES string of the molecule is c1ccc(-c2nc(-c3ccccc3)nc(-n3c4ccccc4c4cc5ncoc5cc43)n2)cc1. The molecule has 6 nitrogen and oxygen atoms in total. The van der Waals surface area contributed by atoms with E-state index >= 15 is 0 Å². The van der Waals surface area contributed by atoms with Crippen LogP contribution in [0.25, 0.3) is 61.6 Å². The largest absolute Gasteiger partial charge is 0.443 e. The van der Waals surface area contributed by atoms with Gasteiger partial charge in [0.15, 0.2) is 23.6 Å². The fourth-order valence-electron chi connectivity index (χ4n) is 4.43. The van der Waals surface area contributed by atoms with Crippen molar-refractivity contribution in [2.45, 2.75) is 0 Å². The van der Waals surface area contributed by atoms with Gasteiger partial charge in [-0.05, 0) is 12.1 Å². The summed E-state index contributed by atoms with van der Waals surface area (Å²) in [5, 5.41) is 2.17. The summed E-state index contributed by atoms with van der Waals surface area (Å²) in [6, 6.07) is 32.3. The molecule has 7 aromatic rings. The van der Waals surface area contributed by atoms with Gasteiger partial charge in [0.2, 0.25) is 5.95 Å². The Hall–Kier alpha value is -4.84. The summed E-state index contributed by atoms with van der Waals surface area (Å²) in [6.07, 6.45) is 1.47. The number of rotatable bonds is 3. The third-order valence-corrected chi connectivity index (χ3v) is 6.01. The molecule has 3 aromatic heterocycles. The highest BCUT2D eigenvalue weighted by Crippen LogP contribution is 2.34. The molecule has 0 fully saturated rings. The van der Waals surface area contributed by atoms with E-state index in [0.29, 0.717) is 17.6 Å². The van der Waals surface area contributed by atoms with Crippen LogP contribution in [0.5, 0.6) is 0 Å². The average Bonchev–Trinajstić information content (AvgIpc) is 3.50. The van der Waals surface area contributed by atoms with Crippen molar-refractivity contribution in [2.24, 2.45) is 0 Å². The van der Waals surface area contributed by atoms with E-state index in [4.69, 9.17) is 19.4 Å². The van der Waals surface area contributed by atoms with E-state index in [9.17, 15) is 0 Å². The highest BCUT2D eigenvalue weighted by molar-refractivity contribution is 6.12. The molecule has 160 valence electrons. The van der Waals surface area contributed by atoms with Crippen LogP contribution >= 0.6 is 0 Å². The molecule has 3 heterocycles. The number of para-hydroxylation sites is 1. The van der Waals surface area contributed by atoms with E-state index in [0.717, 1.165) is 44.0 Å². The maximum atomic E-state index is 5.62. The van der Waals surface area contributed by atoms with Gasteiger partial charge in [-0.2, -0.15) is 9.97 Å². The average molecular weight is 439 g/mol. The summed E-state index contributed by atoms with van der Waals surface area (Å²) in [7, 11) is 0. The Labute approximate surface area is 194 Å². The molecule has 0 unspecified atom stereocenters. The van der Waals surface area contributed by atoms with Crippen molar-refractivity contribution in [1.82, 2.24) is 24.5 Å². The molecule has 7 rings (SSSR count). The molecule has 0 aliphatic rings. The topological polar surface area (TPSA) is 69.6 Å². The third kappa shape index (κ3) is 2.89. The summed E-state index contributed by atoms with van der Waals surface area (Å²) in [5.74, 6) is 1.80. The number of hydrogen-bond donors (Lipinski definition) is 0. The minimum atomic E-state index is 0.553. The molecule has 0 spiro atoms. The number of aromatic nitrogens is 5. The van der Waals surface area contributed by atoms with Crippen molar-refractivity contribution in [3.8, 4) is 28.7 Å². The second kappa shape index (κ2) is 7.35. The lowest BCUT2D eigenvalue weighted by atomic mass is 10.1. The lowest BCUT2D eigenvalue weighted by Gasteiger charge is -2.10. The van der Waals surface area contributed by atoms with Crippen molar-refractivity contribution < 1.29 is 4.42 Å². The van der Waals surface area contributed by atoms with Crippen LogP contribution in [0.2, 0.25) is 0 Å². The van der Waals surface area contributed by atoms with E-state index in [1.54, 1.807) is 0 Å². The molecule has 0 N–H and O–H groups in total. The Bertz CT molecular complexity index is 1750. The van der Waals surface area contributed by atoms with E-state index in [1.807, 2.05) is 78.9 Å². The molecule has 0 bridgehead atoms. The van der Waals surface area contributed by atoms with Crippen molar-refractivity contribution in [1.29, 1.82) is 0 Å². The maximum absolute atomic E-state index is 5.62. The standard InChI is InChI=1S/C28H17N5O/c1-3-9-18(10-4-1)26-30-27(19-11-5-2-6-12-19)32-28(31-26)33-23-14-8-7-13-20(23)21-15-22-25(16-24(21)33)34-17-29-22/h1-17H. The van der Waals surface area contributed by atoms with Gasteiger partial charge in [-0.3, -0.25) is 4.57 Å². The molecule has 0 amide bonds. The van der Waals surface area contributed by atoms with Crippen LogP contribution in [-0.2, 0) is 0 Å². The Morgan fingerprint density at radius 2 is 1.24 bits per heavy atom. The van der Waals surface area contributed by atoms with Gasteiger partial charge in [0.05, 0.1) is 11.0 Å². The highest BCUT2D eigenvalue weighted by Gasteiger charge is 2.18. The van der Waals surface area contributed by atoms with Crippen LogP contribution in [0.1, 0.15) is 0 Å². The minimum Gasteiger partial charge on any atom is -0.443 e. The second-order valence-corrected chi connectivity index (χ2v) is 8.06. The molecule has 34 heavy (non-hydrogen) atoms.